The Morgan fingerprint density at radius 1 is 1.11 bits per heavy atom. The number of nitrogens with zero attached hydrogens (tertiary/aromatic N) is 2. The molecular weight excluding hydrogens is 254 g/mol. The second kappa shape index (κ2) is 5.20. The van der Waals surface area contributed by atoms with Crippen molar-refractivity contribution in [1.29, 1.82) is 0 Å². The lowest BCUT2D eigenvalue weighted by Crippen LogP contribution is -1.88. The van der Waals surface area contributed by atoms with Crippen molar-refractivity contribution in [2.24, 2.45) is 0 Å². The molecule has 0 amide bonds. The van der Waals surface area contributed by atoms with Gasteiger partial charge in [-0.25, -0.2) is 4.98 Å². The molecule has 0 saturated carbocycles. The minimum Gasteiger partial charge on any atom is -0.399 e. The summed E-state index contributed by atoms with van der Waals surface area (Å²) in [5, 5.41) is 3.18. The van der Waals surface area contributed by atoms with Gasteiger partial charge in [-0.3, -0.25) is 4.98 Å². The zero-order valence-corrected chi connectivity index (χ0v) is 11.1. The van der Waals surface area contributed by atoms with E-state index in [2.05, 4.69) is 21.4 Å². The molecular formula is C15H13N3S. The third kappa shape index (κ3) is 2.80. The van der Waals surface area contributed by atoms with Crippen LogP contribution in [0.4, 0.5) is 5.69 Å². The molecule has 0 radical (unpaired) electrons. The Balaban J connectivity index is 1.82. The van der Waals surface area contributed by atoms with Gasteiger partial charge in [-0.15, -0.1) is 11.3 Å². The van der Waals surface area contributed by atoms with Crippen molar-refractivity contribution in [3.8, 4) is 11.3 Å². The number of hydrogen-bond acceptors (Lipinski definition) is 4. The van der Waals surface area contributed by atoms with E-state index in [1.54, 1.807) is 17.5 Å². The molecule has 4 heteroatoms. The summed E-state index contributed by atoms with van der Waals surface area (Å²) in [6.45, 7) is 0. The Labute approximate surface area is 115 Å². The van der Waals surface area contributed by atoms with Crippen LogP contribution in [0.2, 0.25) is 0 Å². The van der Waals surface area contributed by atoms with E-state index in [-0.39, 0.29) is 0 Å². The number of hydrogen-bond donors (Lipinski definition) is 1. The van der Waals surface area contributed by atoms with Crippen molar-refractivity contribution in [3.63, 3.8) is 0 Å². The average Bonchev–Trinajstić information content (AvgIpc) is 2.89. The van der Waals surface area contributed by atoms with Crippen molar-refractivity contribution in [1.82, 2.24) is 9.97 Å². The van der Waals surface area contributed by atoms with Gasteiger partial charge in [0.25, 0.3) is 0 Å². The van der Waals surface area contributed by atoms with Gasteiger partial charge in [0, 0.05) is 35.4 Å². The van der Waals surface area contributed by atoms with Crippen LogP contribution in [0.25, 0.3) is 11.3 Å². The van der Waals surface area contributed by atoms with Crippen molar-refractivity contribution in [2.45, 2.75) is 6.42 Å². The van der Waals surface area contributed by atoms with E-state index < -0.39 is 0 Å². The molecule has 94 valence electrons. The van der Waals surface area contributed by atoms with Crippen molar-refractivity contribution in [2.75, 3.05) is 5.73 Å². The fraction of sp³-hybridized carbons (Fsp3) is 0.0667. The van der Waals surface area contributed by atoms with E-state index in [1.807, 2.05) is 36.5 Å². The summed E-state index contributed by atoms with van der Waals surface area (Å²) in [5.74, 6) is 0. The van der Waals surface area contributed by atoms with Crippen LogP contribution in [0.1, 0.15) is 10.6 Å². The summed E-state index contributed by atoms with van der Waals surface area (Å²) in [4.78, 5) is 8.77. The first-order chi connectivity index (χ1) is 9.31. The van der Waals surface area contributed by atoms with Crippen LogP contribution in [0.3, 0.4) is 0 Å². The maximum atomic E-state index is 5.69. The molecule has 3 aromatic rings. The number of nitrogen functional groups attached to an aromatic ring is 1. The highest BCUT2D eigenvalue weighted by Crippen LogP contribution is 2.24. The van der Waals surface area contributed by atoms with Gasteiger partial charge >= 0.3 is 0 Å². The molecule has 0 aliphatic carbocycles. The normalized spacial score (nSPS) is 10.5. The number of rotatable bonds is 3. The summed E-state index contributed by atoms with van der Waals surface area (Å²) in [6, 6.07) is 11.8. The fourth-order valence-electron chi connectivity index (χ4n) is 1.86. The molecule has 0 bridgehead atoms. The number of pyridine rings is 1. The van der Waals surface area contributed by atoms with Crippen molar-refractivity contribution in [3.05, 3.63) is 64.7 Å². The van der Waals surface area contributed by atoms with Gasteiger partial charge in [-0.05, 0) is 23.8 Å². The van der Waals surface area contributed by atoms with E-state index in [0.717, 1.165) is 28.4 Å². The highest BCUT2D eigenvalue weighted by atomic mass is 32.1. The molecule has 0 aliphatic rings. The number of aromatic nitrogens is 2. The second-order valence-corrected chi connectivity index (χ2v) is 5.23. The van der Waals surface area contributed by atoms with Gasteiger partial charge in [0.1, 0.15) is 0 Å². The first-order valence-electron chi connectivity index (χ1n) is 6.00. The third-order valence-electron chi connectivity index (χ3n) is 2.84. The Hall–Kier alpha value is -2.20. The lowest BCUT2D eigenvalue weighted by atomic mass is 10.1. The van der Waals surface area contributed by atoms with E-state index >= 15 is 0 Å². The van der Waals surface area contributed by atoms with Crippen LogP contribution in [0.15, 0.2) is 54.2 Å². The number of thiazole rings is 1. The molecule has 0 spiro atoms. The molecule has 2 N–H and O–H groups in total. The standard InChI is InChI=1S/C15H13N3S/c16-13-5-3-12(4-6-13)14-10-19-15(18-14)8-11-2-1-7-17-9-11/h1-7,9-10H,8,16H2. The summed E-state index contributed by atoms with van der Waals surface area (Å²) in [6.07, 6.45) is 4.49. The Kier molecular flexibility index (Phi) is 3.25. The van der Waals surface area contributed by atoms with E-state index in [9.17, 15) is 0 Å². The average molecular weight is 267 g/mol. The quantitative estimate of drug-likeness (QED) is 0.740. The first kappa shape index (κ1) is 11.9. The zero-order chi connectivity index (χ0) is 13.1. The molecule has 3 nitrogen and oxygen atoms in total. The molecule has 1 aromatic carbocycles. The minimum atomic E-state index is 0.773. The van der Waals surface area contributed by atoms with Crippen LogP contribution in [0.5, 0.6) is 0 Å². The van der Waals surface area contributed by atoms with Gasteiger partial charge in [0.15, 0.2) is 0 Å². The van der Waals surface area contributed by atoms with Gasteiger partial charge in [-0.2, -0.15) is 0 Å². The van der Waals surface area contributed by atoms with E-state index in [1.165, 1.54) is 5.56 Å². The van der Waals surface area contributed by atoms with E-state index in [4.69, 9.17) is 5.73 Å². The summed E-state index contributed by atoms with van der Waals surface area (Å²) in [5.41, 5.74) is 9.74. The molecule has 0 fully saturated rings. The first-order valence-corrected chi connectivity index (χ1v) is 6.88. The van der Waals surface area contributed by atoms with Crippen LogP contribution in [-0.2, 0) is 6.42 Å². The highest BCUT2D eigenvalue weighted by Gasteiger charge is 2.05. The zero-order valence-electron chi connectivity index (χ0n) is 10.3. The lowest BCUT2D eigenvalue weighted by Gasteiger charge is -1.98. The Bertz CT molecular complexity index is 659. The Morgan fingerprint density at radius 3 is 2.68 bits per heavy atom. The van der Waals surface area contributed by atoms with Crippen molar-refractivity contribution < 1.29 is 0 Å². The topological polar surface area (TPSA) is 51.8 Å². The molecule has 0 atom stereocenters. The number of anilines is 1. The molecule has 19 heavy (non-hydrogen) atoms. The van der Waals surface area contributed by atoms with Gasteiger partial charge in [0.2, 0.25) is 0 Å². The molecule has 3 rings (SSSR count). The number of nitrogens with two attached hydrogens (primary N) is 1. The SMILES string of the molecule is Nc1ccc(-c2csc(Cc3cccnc3)n2)cc1. The van der Waals surface area contributed by atoms with Crippen LogP contribution in [0, 0.1) is 0 Å². The maximum Gasteiger partial charge on any atom is 0.0977 e. The third-order valence-corrected chi connectivity index (χ3v) is 3.69. The van der Waals surface area contributed by atoms with Gasteiger partial charge in [-0.1, -0.05) is 18.2 Å². The number of benzene rings is 1. The fourth-order valence-corrected chi connectivity index (χ4v) is 2.69. The monoisotopic (exact) mass is 267 g/mol. The minimum absolute atomic E-state index is 0.773. The predicted molar refractivity (Wildman–Crippen MR) is 79.0 cm³/mol. The summed E-state index contributed by atoms with van der Waals surface area (Å²) < 4.78 is 0. The predicted octanol–water partition coefficient (Wildman–Crippen LogP) is 3.38. The summed E-state index contributed by atoms with van der Waals surface area (Å²) >= 11 is 1.67. The molecule has 2 heterocycles. The molecule has 2 aromatic heterocycles. The molecule has 0 unspecified atom stereocenters. The van der Waals surface area contributed by atoms with E-state index in [0.29, 0.717) is 0 Å². The van der Waals surface area contributed by atoms with Crippen LogP contribution >= 0.6 is 11.3 Å². The maximum absolute atomic E-state index is 5.69. The largest absolute Gasteiger partial charge is 0.399 e. The highest BCUT2D eigenvalue weighted by molar-refractivity contribution is 7.10. The van der Waals surface area contributed by atoms with Gasteiger partial charge < -0.3 is 5.73 Å². The molecule has 0 saturated heterocycles. The van der Waals surface area contributed by atoms with Crippen molar-refractivity contribution >= 4 is 17.0 Å². The Morgan fingerprint density at radius 2 is 1.95 bits per heavy atom. The van der Waals surface area contributed by atoms with Gasteiger partial charge in [0.05, 0.1) is 10.7 Å². The second-order valence-electron chi connectivity index (χ2n) is 4.29. The van der Waals surface area contributed by atoms with Crippen LogP contribution < -0.4 is 5.73 Å². The lowest BCUT2D eigenvalue weighted by molar-refractivity contribution is 1.11. The smallest absolute Gasteiger partial charge is 0.0977 e. The molecule has 0 aliphatic heterocycles. The summed E-state index contributed by atoms with van der Waals surface area (Å²) in [7, 11) is 0. The van der Waals surface area contributed by atoms with Crippen LogP contribution in [-0.4, -0.2) is 9.97 Å².